The van der Waals surface area contributed by atoms with Crippen LogP contribution in [0.3, 0.4) is 0 Å². The van der Waals surface area contributed by atoms with Crippen molar-refractivity contribution in [1.82, 2.24) is 0 Å². The zero-order valence-corrected chi connectivity index (χ0v) is 16.1. The first-order valence-corrected chi connectivity index (χ1v) is 9.25. The molecule has 0 bridgehead atoms. The molecule has 0 amide bonds. The van der Waals surface area contributed by atoms with Crippen LogP contribution in [-0.4, -0.2) is 5.78 Å². The Labute approximate surface area is 150 Å². The van der Waals surface area contributed by atoms with E-state index in [1.165, 1.54) is 38.3 Å². The van der Waals surface area contributed by atoms with Crippen LogP contribution in [0, 0.1) is 5.92 Å². The normalized spacial score (nSPS) is 24.0. The van der Waals surface area contributed by atoms with Crippen LogP contribution >= 0.6 is 0 Å². The molecule has 0 aromatic heterocycles. The quantitative estimate of drug-likeness (QED) is 0.697. The molecule has 0 spiro atoms. The fraction of sp³-hybridized carbons (Fsp3) is 0.375. The number of hydrogen-bond acceptors (Lipinski definition) is 1. The summed E-state index contributed by atoms with van der Waals surface area (Å²) in [6, 6.07) is 4.50. The van der Waals surface area contributed by atoms with Gasteiger partial charge in [0, 0.05) is 5.92 Å². The summed E-state index contributed by atoms with van der Waals surface area (Å²) in [6.07, 6.45) is 7.88. The highest BCUT2D eigenvalue weighted by atomic mass is 16.1. The second-order valence-corrected chi connectivity index (χ2v) is 8.23. The molecule has 1 nitrogen and oxygen atoms in total. The Morgan fingerprint density at radius 1 is 1.08 bits per heavy atom. The van der Waals surface area contributed by atoms with Crippen LogP contribution in [0.1, 0.15) is 59.1 Å². The fourth-order valence-electron chi connectivity index (χ4n) is 4.85. The summed E-state index contributed by atoms with van der Waals surface area (Å²) in [5.41, 5.74) is 8.22. The van der Waals surface area contributed by atoms with Crippen molar-refractivity contribution < 1.29 is 4.79 Å². The molecule has 1 heteroatoms. The first-order valence-electron chi connectivity index (χ1n) is 9.25. The van der Waals surface area contributed by atoms with Gasteiger partial charge >= 0.3 is 0 Å². The highest BCUT2D eigenvalue weighted by Gasteiger charge is 2.39. The van der Waals surface area contributed by atoms with Crippen LogP contribution in [0.2, 0.25) is 0 Å². The first-order chi connectivity index (χ1) is 11.8. The van der Waals surface area contributed by atoms with Crippen molar-refractivity contribution in [3.63, 3.8) is 0 Å². The average Bonchev–Trinajstić information content (AvgIpc) is 2.62. The van der Waals surface area contributed by atoms with E-state index in [1.807, 2.05) is 6.92 Å². The van der Waals surface area contributed by atoms with Gasteiger partial charge in [-0.15, -0.1) is 0 Å². The van der Waals surface area contributed by atoms with Crippen LogP contribution in [0.4, 0.5) is 0 Å². The second kappa shape index (κ2) is 5.17. The van der Waals surface area contributed by atoms with Gasteiger partial charge in [-0.05, 0) is 84.9 Å². The SMILES string of the molecule is CC1=C(C)c2ccc3c(c2C(C)(C)C1=O)=C(C)C(C)C1=CCC=CC=31. The van der Waals surface area contributed by atoms with Crippen LogP contribution in [-0.2, 0) is 10.2 Å². The maximum Gasteiger partial charge on any atom is 0.168 e. The van der Waals surface area contributed by atoms with E-state index >= 15 is 0 Å². The number of fused-ring (bicyclic) bond motifs is 4. The van der Waals surface area contributed by atoms with Gasteiger partial charge in [0.05, 0.1) is 5.41 Å². The number of carbonyl (C=O) groups excluding carboxylic acids is 1. The lowest BCUT2D eigenvalue weighted by Gasteiger charge is -2.36. The number of hydrogen-bond donors (Lipinski definition) is 0. The minimum atomic E-state index is -0.481. The maximum atomic E-state index is 13.1. The van der Waals surface area contributed by atoms with Gasteiger partial charge in [0.1, 0.15) is 0 Å². The second-order valence-electron chi connectivity index (χ2n) is 8.23. The summed E-state index contributed by atoms with van der Waals surface area (Å²) in [6.45, 7) is 12.8. The zero-order valence-electron chi connectivity index (χ0n) is 16.1. The van der Waals surface area contributed by atoms with Gasteiger partial charge in [0.2, 0.25) is 0 Å². The monoisotopic (exact) mass is 330 g/mol. The van der Waals surface area contributed by atoms with Crippen LogP contribution in [0.5, 0.6) is 0 Å². The Kier molecular flexibility index (Phi) is 3.38. The predicted molar refractivity (Wildman–Crippen MR) is 105 cm³/mol. The van der Waals surface area contributed by atoms with E-state index in [2.05, 4.69) is 65.0 Å². The minimum absolute atomic E-state index is 0.261. The molecule has 0 saturated heterocycles. The zero-order chi connectivity index (χ0) is 18.1. The van der Waals surface area contributed by atoms with Gasteiger partial charge in [0.15, 0.2) is 5.78 Å². The van der Waals surface area contributed by atoms with E-state index < -0.39 is 5.41 Å². The molecule has 4 rings (SSSR count). The van der Waals surface area contributed by atoms with Gasteiger partial charge < -0.3 is 0 Å². The first kappa shape index (κ1) is 16.3. The highest BCUT2D eigenvalue weighted by molar-refractivity contribution is 6.11. The third-order valence-corrected chi connectivity index (χ3v) is 6.57. The van der Waals surface area contributed by atoms with Crippen LogP contribution in [0.15, 0.2) is 41.5 Å². The van der Waals surface area contributed by atoms with Crippen molar-refractivity contribution in [3.8, 4) is 0 Å². The van der Waals surface area contributed by atoms with Crippen molar-refractivity contribution in [1.29, 1.82) is 0 Å². The molecule has 0 radical (unpaired) electrons. The van der Waals surface area contributed by atoms with E-state index in [-0.39, 0.29) is 5.78 Å². The number of rotatable bonds is 0. The Hall–Kier alpha value is -2.15. The van der Waals surface area contributed by atoms with Gasteiger partial charge in [0.25, 0.3) is 0 Å². The van der Waals surface area contributed by atoms with E-state index in [1.54, 1.807) is 0 Å². The van der Waals surface area contributed by atoms with Crippen molar-refractivity contribution in [3.05, 3.63) is 63.1 Å². The smallest absolute Gasteiger partial charge is 0.168 e. The molecule has 1 atom stereocenters. The fourth-order valence-corrected chi connectivity index (χ4v) is 4.85. The van der Waals surface area contributed by atoms with Gasteiger partial charge in [-0.25, -0.2) is 0 Å². The Bertz CT molecular complexity index is 1040. The number of ketones is 1. The number of Topliss-reactive ketones (excluding diaryl/α,β-unsaturated/α-hetero) is 1. The van der Waals surface area contributed by atoms with E-state index in [0.29, 0.717) is 5.92 Å². The summed E-state index contributed by atoms with van der Waals surface area (Å²) < 4.78 is 0. The molecule has 0 fully saturated rings. The Morgan fingerprint density at radius 3 is 2.52 bits per heavy atom. The molecule has 1 unspecified atom stereocenters. The third-order valence-electron chi connectivity index (χ3n) is 6.57. The van der Waals surface area contributed by atoms with Crippen molar-refractivity contribution in [2.24, 2.45) is 5.92 Å². The topological polar surface area (TPSA) is 17.1 Å². The lowest BCUT2D eigenvalue weighted by Crippen LogP contribution is -2.47. The molecule has 128 valence electrons. The van der Waals surface area contributed by atoms with E-state index in [0.717, 1.165) is 17.6 Å². The molecule has 3 aliphatic carbocycles. The summed E-state index contributed by atoms with van der Waals surface area (Å²) in [7, 11) is 0. The number of carbonyl (C=O) groups is 1. The van der Waals surface area contributed by atoms with E-state index in [9.17, 15) is 4.79 Å². The molecule has 0 N–H and O–H groups in total. The highest BCUT2D eigenvalue weighted by Crippen LogP contribution is 2.39. The molecule has 25 heavy (non-hydrogen) atoms. The molecule has 0 aliphatic heterocycles. The summed E-state index contributed by atoms with van der Waals surface area (Å²) in [5, 5.41) is 2.61. The molecular formula is C24H26O. The number of benzene rings is 1. The molecule has 0 saturated carbocycles. The lowest BCUT2D eigenvalue weighted by atomic mass is 9.66. The van der Waals surface area contributed by atoms with Crippen LogP contribution in [0.25, 0.3) is 16.7 Å². The third kappa shape index (κ3) is 1.99. The maximum absolute atomic E-state index is 13.1. The molecule has 1 aromatic rings. The van der Waals surface area contributed by atoms with Crippen molar-refractivity contribution in [2.45, 2.75) is 53.4 Å². The molecule has 1 aromatic carbocycles. The average molecular weight is 330 g/mol. The van der Waals surface area contributed by atoms with E-state index in [4.69, 9.17) is 0 Å². The van der Waals surface area contributed by atoms with Gasteiger partial charge in [-0.1, -0.05) is 42.9 Å². The molecule has 0 heterocycles. The Morgan fingerprint density at radius 2 is 1.80 bits per heavy atom. The molecular weight excluding hydrogens is 304 g/mol. The molecule has 3 aliphatic rings. The standard InChI is InChI=1S/C24H26O/c1-13-15(3)21-20(19-10-8-7-9-17(13)19)12-11-18-14(2)16(4)23(25)24(5,6)22(18)21/h8-13H,7H2,1-6H3. The van der Waals surface area contributed by atoms with Crippen molar-refractivity contribution >= 4 is 22.5 Å². The minimum Gasteiger partial charge on any atom is -0.294 e. The van der Waals surface area contributed by atoms with Crippen molar-refractivity contribution in [2.75, 3.05) is 0 Å². The van der Waals surface area contributed by atoms with Gasteiger partial charge in [-0.2, -0.15) is 0 Å². The number of allylic oxidation sites excluding steroid dienone is 6. The van der Waals surface area contributed by atoms with Crippen LogP contribution < -0.4 is 10.4 Å². The summed E-state index contributed by atoms with van der Waals surface area (Å²) >= 11 is 0. The van der Waals surface area contributed by atoms with Gasteiger partial charge in [-0.3, -0.25) is 4.79 Å². The summed E-state index contributed by atoms with van der Waals surface area (Å²) in [4.78, 5) is 13.1. The largest absolute Gasteiger partial charge is 0.294 e. The predicted octanol–water partition coefficient (Wildman–Crippen LogP) is 4.20. The lowest BCUT2D eigenvalue weighted by molar-refractivity contribution is -0.119. The Balaban J connectivity index is 2.27. The summed E-state index contributed by atoms with van der Waals surface area (Å²) in [5.74, 6) is 0.661.